The number of carbonyl (C=O) groups excluding carboxylic acids is 1. The van der Waals surface area contributed by atoms with E-state index in [-0.39, 0.29) is 11.7 Å². The van der Waals surface area contributed by atoms with E-state index in [1.165, 1.54) is 0 Å². The van der Waals surface area contributed by atoms with Gasteiger partial charge in [-0.25, -0.2) is 0 Å². The molecule has 1 aliphatic rings. The lowest BCUT2D eigenvalue weighted by Gasteiger charge is -2.15. The summed E-state index contributed by atoms with van der Waals surface area (Å²) in [5.74, 6) is 0.0931. The predicted octanol–water partition coefficient (Wildman–Crippen LogP) is 1.35. The fraction of sp³-hybridized carbons (Fsp3) is 0.308. The van der Waals surface area contributed by atoms with Crippen LogP contribution < -0.4 is 10.5 Å². The molecule has 0 aliphatic carbocycles. The highest BCUT2D eigenvalue weighted by atomic mass is 16.5. The molecule has 1 aromatic carbocycles. The van der Waals surface area contributed by atoms with E-state index in [1.807, 2.05) is 18.2 Å². The molecular weight excluding hydrogens is 218 g/mol. The minimum Gasteiger partial charge on any atom is -0.487 e. The van der Waals surface area contributed by atoms with Crippen LogP contribution in [0.5, 0.6) is 5.75 Å². The summed E-state index contributed by atoms with van der Waals surface area (Å²) in [7, 11) is 0. The van der Waals surface area contributed by atoms with Crippen LogP contribution in [0.4, 0.5) is 0 Å². The minimum atomic E-state index is -0.538. The van der Waals surface area contributed by atoms with Gasteiger partial charge in [0, 0.05) is 17.6 Å². The molecule has 1 aromatic rings. The third kappa shape index (κ3) is 2.65. The normalized spacial score (nSPS) is 18.9. The fourth-order valence-electron chi connectivity index (χ4n) is 1.74. The van der Waals surface area contributed by atoms with E-state index in [9.17, 15) is 4.79 Å². The van der Waals surface area contributed by atoms with E-state index in [2.05, 4.69) is 6.58 Å². The van der Waals surface area contributed by atoms with Crippen LogP contribution in [0.25, 0.3) is 5.57 Å². The highest BCUT2D eigenvalue weighted by Crippen LogP contribution is 2.26. The highest BCUT2D eigenvalue weighted by molar-refractivity contribution is 6.18. The van der Waals surface area contributed by atoms with Gasteiger partial charge in [0.05, 0.1) is 13.2 Å². The number of para-hydroxylation sites is 1. The minimum absolute atomic E-state index is 0.0387. The summed E-state index contributed by atoms with van der Waals surface area (Å²) < 4.78 is 11.0. The predicted molar refractivity (Wildman–Crippen MR) is 64.5 cm³/mol. The Morgan fingerprint density at radius 1 is 1.47 bits per heavy atom. The smallest absolute Gasteiger partial charge is 0.248 e. The zero-order valence-electron chi connectivity index (χ0n) is 9.52. The Kier molecular flexibility index (Phi) is 3.44. The molecule has 17 heavy (non-hydrogen) atoms. The molecule has 0 aromatic heterocycles. The van der Waals surface area contributed by atoms with Gasteiger partial charge >= 0.3 is 0 Å². The molecule has 1 atom stereocenters. The number of hydrogen-bond acceptors (Lipinski definition) is 3. The van der Waals surface area contributed by atoms with Crippen molar-refractivity contribution in [3.63, 3.8) is 0 Å². The third-order valence-corrected chi connectivity index (χ3v) is 2.69. The van der Waals surface area contributed by atoms with Gasteiger partial charge in [-0.15, -0.1) is 0 Å². The Labute approximate surface area is 100 Å². The second-order valence-electron chi connectivity index (χ2n) is 3.94. The van der Waals surface area contributed by atoms with Crippen molar-refractivity contribution >= 4 is 11.5 Å². The van der Waals surface area contributed by atoms with Crippen molar-refractivity contribution in [2.75, 3.05) is 13.2 Å². The van der Waals surface area contributed by atoms with Gasteiger partial charge in [0.1, 0.15) is 11.9 Å². The van der Waals surface area contributed by atoms with Crippen molar-refractivity contribution < 1.29 is 14.3 Å². The second-order valence-corrected chi connectivity index (χ2v) is 3.94. The number of hydrogen-bond donors (Lipinski definition) is 1. The number of primary amides is 1. The van der Waals surface area contributed by atoms with Gasteiger partial charge in [0.2, 0.25) is 5.91 Å². The number of benzene rings is 1. The summed E-state index contributed by atoms with van der Waals surface area (Å²) in [6, 6.07) is 7.25. The Morgan fingerprint density at radius 3 is 2.88 bits per heavy atom. The van der Waals surface area contributed by atoms with Gasteiger partial charge in [-0.05, 0) is 6.07 Å². The average Bonchev–Trinajstić information content (AvgIpc) is 2.81. The van der Waals surface area contributed by atoms with E-state index >= 15 is 0 Å². The molecule has 1 fully saturated rings. The Morgan fingerprint density at radius 2 is 2.24 bits per heavy atom. The summed E-state index contributed by atoms with van der Waals surface area (Å²) in [6.07, 6.45) is 0.897. The molecule has 1 amide bonds. The summed E-state index contributed by atoms with van der Waals surface area (Å²) in [5.41, 5.74) is 6.14. The highest BCUT2D eigenvalue weighted by Gasteiger charge is 2.19. The van der Waals surface area contributed by atoms with Gasteiger partial charge in [0.25, 0.3) is 0 Å². The van der Waals surface area contributed by atoms with Crippen LogP contribution in [-0.2, 0) is 9.53 Å². The number of amides is 1. The largest absolute Gasteiger partial charge is 0.487 e. The molecule has 4 heteroatoms. The van der Waals surface area contributed by atoms with E-state index in [1.54, 1.807) is 6.07 Å². The summed E-state index contributed by atoms with van der Waals surface area (Å²) in [6.45, 7) is 4.97. The first-order valence-electron chi connectivity index (χ1n) is 5.51. The molecule has 1 unspecified atom stereocenters. The molecule has 0 radical (unpaired) electrons. The molecule has 2 N–H and O–H groups in total. The van der Waals surface area contributed by atoms with Crippen LogP contribution in [0.15, 0.2) is 30.8 Å². The SMILES string of the molecule is C=C(C(N)=O)c1ccccc1OC1CCOC1. The molecule has 1 heterocycles. The number of ether oxygens (including phenoxy) is 2. The van der Waals surface area contributed by atoms with Crippen molar-refractivity contribution in [3.05, 3.63) is 36.4 Å². The van der Waals surface area contributed by atoms with Gasteiger partial charge < -0.3 is 15.2 Å². The lowest BCUT2D eigenvalue weighted by molar-refractivity contribution is -0.112. The van der Waals surface area contributed by atoms with Gasteiger partial charge in [-0.2, -0.15) is 0 Å². The Balaban J connectivity index is 2.20. The van der Waals surface area contributed by atoms with E-state index in [4.69, 9.17) is 15.2 Å². The van der Waals surface area contributed by atoms with E-state index in [0.29, 0.717) is 24.5 Å². The van der Waals surface area contributed by atoms with Crippen LogP contribution in [0.3, 0.4) is 0 Å². The van der Waals surface area contributed by atoms with E-state index < -0.39 is 5.91 Å². The lowest BCUT2D eigenvalue weighted by Crippen LogP contribution is -2.18. The second kappa shape index (κ2) is 5.01. The molecule has 4 nitrogen and oxygen atoms in total. The quantitative estimate of drug-likeness (QED) is 0.798. The lowest BCUT2D eigenvalue weighted by atomic mass is 10.1. The van der Waals surface area contributed by atoms with Crippen molar-refractivity contribution in [1.82, 2.24) is 0 Å². The maximum Gasteiger partial charge on any atom is 0.248 e. The number of rotatable bonds is 4. The van der Waals surface area contributed by atoms with Crippen LogP contribution in [0.2, 0.25) is 0 Å². The maximum atomic E-state index is 11.1. The molecule has 1 aliphatic heterocycles. The first kappa shape index (κ1) is 11.7. The molecule has 1 saturated heterocycles. The Bertz CT molecular complexity index is 436. The average molecular weight is 233 g/mol. The molecule has 2 rings (SSSR count). The van der Waals surface area contributed by atoms with Crippen molar-refractivity contribution in [2.24, 2.45) is 5.73 Å². The monoisotopic (exact) mass is 233 g/mol. The first-order valence-corrected chi connectivity index (χ1v) is 5.51. The van der Waals surface area contributed by atoms with Crippen LogP contribution >= 0.6 is 0 Å². The third-order valence-electron chi connectivity index (χ3n) is 2.69. The van der Waals surface area contributed by atoms with Crippen molar-refractivity contribution in [3.8, 4) is 5.75 Å². The fourth-order valence-corrected chi connectivity index (χ4v) is 1.74. The van der Waals surface area contributed by atoms with Gasteiger partial charge in [-0.3, -0.25) is 4.79 Å². The zero-order valence-corrected chi connectivity index (χ0v) is 9.52. The molecule has 0 spiro atoms. The molecule has 0 bridgehead atoms. The van der Waals surface area contributed by atoms with Crippen LogP contribution in [-0.4, -0.2) is 25.2 Å². The Hall–Kier alpha value is -1.81. The van der Waals surface area contributed by atoms with Crippen LogP contribution in [0.1, 0.15) is 12.0 Å². The number of nitrogens with two attached hydrogens (primary N) is 1. The summed E-state index contributed by atoms with van der Waals surface area (Å²) >= 11 is 0. The summed E-state index contributed by atoms with van der Waals surface area (Å²) in [4.78, 5) is 11.1. The first-order chi connectivity index (χ1) is 8.18. The topological polar surface area (TPSA) is 61.6 Å². The van der Waals surface area contributed by atoms with Crippen molar-refractivity contribution in [2.45, 2.75) is 12.5 Å². The standard InChI is InChI=1S/C13H15NO3/c1-9(13(14)15)11-4-2-3-5-12(11)17-10-6-7-16-8-10/h2-5,10H,1,6-8H2,(H2,14,15). The number of carbonyl (C=O) groups is 1. The van der Waals surface area contributed by atoms with E-state index in [0.717, 1.165) is 6.42 Å². The van der Waals surface area contributed by atoms with Crippen LogP contribution in [0, 0.1) is 0 Å². The zero-order chi connectivity index (χ0) is 12.3. The molecular formula is C13H15NO3. The van der Waals surface area contributed by atoms with Gasteiger partial charge in [-0.1, -0.05) is 24.8 Å². The molecule has 90 valence electrons. The van der Waals surface area contributed by atoms with Crippen molar-refractivity contribution in [1.29, 1.82) is 0 Å². The maximum absolute atomic E-state index is 11.1. The molecule has 0 saturated carbocycles. The summed E-state index contributed by atoms with van der Waals surface area (Å²) in [5, 5.41) is 0. The van der Waals surface area contributed by atoms with Gasteiger partial charge in [0.15, 0.2) is 0 Å².